The first-order valence-corrected chi connectivity index (χ1v) is 7.83. The van der Waals surface area contributed by atoms with Gasteiger partial charge in [0.15, 0.2) is 5.58 Å². The van der Waals surface area contributed by atoms with E-state index >= 15 is 0 Å². The number of benzene rings is 2. The zero-order valence-electron chi connectivity index (χ0n) is 13.7. The third kappa shape index (κ3) is 3.12. The zero-order valence-corrected chi connectivity index (χ0v) is 13.7. The molecule has 0 fully saturated rings. The van der Waals surface area contributed by atoms with E-state index in [0.717, 1.165) is 5.56 Å². The number of nitrogens with one attached hydrogen (secondary N) is 3. The van der Waals surface area contributed by atoms with Gasteiger partial charge in [0.2, 0.25) is 5.95 Å². The molecule has 0 saturated carbocycles. The maximum atomic E-state index is 13.8. The highest BCUT2D eigenvalue weighted by Gasteiger charge is 2.08. The molecule has 0 atom stereocenters. The van der Waals surface area contributed by atoms with Crippen LogP contribution in [0.5, 0.6) is 0 Å². The number of aryl methyl sites for hydroxylation is 1. The van der Waals surface area contributed by atoms with Crippen LogP contribution in [0, 0.1) is 12.7 Å². The van der Waals surface area contributed by atoms with Crippen molar-refractivity contribution >= 4 is 34.2 Å². The van der Waals surface area contributed by atoms with Crippen LogP contribution in [0.4, 0.5) is 27.5 Å². The summed E-state index contributed by atoms with van der Waals surface area (Å²) in [5.74, 6) is -0.0719. The number of nitrogens with zero attached hydrogens (tertiary/aromatic N) is 2. The minimum Gasteiger partial charge on any atom is -0.408 e. The van der Waals surface area contributed by atoms with Crippen molar-refractivity contribution < 1.29 is 8.81 Å². The molecule has 0 amide bonds. The van der Waals surface area contributed by atoms with Crippen LogP contribution in [-0.2, 0) is 0 Å². The first-order valence-electron chi connectivity index (χ1n) is 7.83. The predicted molar refractivity (Wildman–Crippen MR) is 96.6 cm³/mol. The number of hydrogen-bond acceptors (Lipinski definition) is 6. The molecule has 130 valence electrons. The molecule has 3 N–H and O–H groups in total. The summed E-state index contributed by atoms with van der Waals surface area (Å²) < 4.78 is 18.8. The Hall–Kier alpha value is -3.68. The SMILES string of the molecule is Cc1cnc(Nc2ccccc2F)nc1Nc1ccc2oc(=O)[nH]c2c1. The maximum Gasteiger partial charge on any atom is 0.417 e. The van der Waals surface area contributed by atoms with Crippen LogP contribution in [0.2, 0.25) is 0 Å². The van der Waals surface area contributed by atoms with Crippen LogP contribution < -0.4 is 16.4 Å². The number of aromatic amines is 1. The van der Waals surface area contributed by atoms with Crippen LogP contribution in [-0.4, -0.2) is 15.0 Å². The highest BCUT2D eigenvalue weighted by Crippen LogP contribution is 2.23. The monoisotopic (exact) mass is 351 g/mol. The Morgan fingerprint density at radius 1 is 1.15 bits per heavy atom. The standard InChI is InChI=1S/C18H14FN5O2/c1-10-9-20-17(22-13-5-3-2-4-12(13)19)24-16(10)21-11-6-7-15-14(8-11)23-18(25)26-15/h2-9H,1H3,(H,23,25)(H2,20,21,22,24). The number of para-hydroxylation sites is 1. The summed E-state index contributed by atoms with van der Waals surface area (Å²) in [4.78, 5) is 22.4. The van der Waals surface area contributed by atoms with Gasteiger partial charge in [-0.05, 0) is 37.3 Å². The zero-order chi connectivity index (χ0) is 18.1. The van der Waals surface area contributed by atoms with Gasteiger partial charge in [-0.2, -0.15) is 4.98 Å². The van der Waals surface area contributed by atoms with Crippen molar-refractivity contribution in [1.29, 1.82) is 0 Å². The van der Waals surface area contributed by atoms with E-state index in [4.69, 9.17) is 4.42 Å². The summed E-state index contributed by atoms with van der Waals surface area (Å²) in [6.45, 7) is 1.85. The fourth-order valence-electron chi connectivity index (χ4n) is 2.48. The van der Waals surface area contributed by atoms with Gasteiger partial charge in [0.05, 0.1) is 11.2 Å². The lowest BCUT2D eigenvalue weighted by molar-refractivity contribution is 0.555. The normalized spacial score (nSPS) is 10.8. The van der Waals surface area contributed by atoms with Crippen molar-refractivity contribution in [3.8, 4) is 0 Å². The van der Waals surface area contributed by atoms with E-state index in [9.17, 15) is 9.18 Å². The van der Waals surface area contributed by atoms with Crippen LogP contribution in [0.15, 0.2) is 57.9 Å². The Kier molecular flexibility index (Phi) is 3.85. The Morgan fingerprint density at radius 3 is 2.85 bits per heavy atom. The fourth-order valence-corrected chi connectivity index (χ4v) is 2.48. The van der Waals surface area contributed by atoms with E-state index in [2.05, 4.69) is 25.6 Å². The first-order chi connectivity index (χ1) is 12.6. The van der Waals surface area contributed by atoms with Crippen molar-refractivity contribution in [2.75, 3.05) is 10.6 Å². The Morgan fingerprint density at radius 2 is 2.00 bits per heavy atom. The number of halogens is 1. The van der Waals surface area contributed by atoms with Gasteiger partial charge in [-0.15, -0.1) is 0 Å². The second-order valence-electron chi connectivity index (χ2n) is 5.68. The molecule has 0 bridgehead atoms. The van der Waals surface area contributed by atoms with Gasteiger partial charge in [-0.1, -0.05) is 12.1 Å². The van der Waals surface area contributed by atoms with Crippen LogP contribution >= 0.6 is 0 Å². The molecule has 0 aliphatic rings. The summed E-state index contributed by atoms with van der Waals surface area (Å²) in [7, 11) is 0. The Balaban J connectivity index is 1.63. The molecular formula is C18H14FN5O2. The van der Waals surface area contributed by atoms with Gasteiger partial charge in [0.25, 0.3) is 0 Å². The largest absolute Gasteiger partial charge is 0.417 e. The van der Waals surface area contributed by atoms with Crippen LogP contribution in [0.3, 0.4) is 0 Å². The van der Waals surface area contributed by atoms with Crippen LogP contribution in [0.25, 0.3) is 11.1 Å². The Labute approximate surface area is 146 Å². The molecule has 2 aromatic heterocycles. The average molecular weight is 351 g/mol. The molecule has 0 aliphatic carbocycles. The second kappa shape index (κ2) is 6.32. The highest BCUT2D eigenvalue weighted by atomic mass is 19.1. The lowest BCUT2D eigenvalue weighted by atomic mass is 10.2. The number of H-pyrrole nitrogens is 1. The summed E-state index contributed by atoms with van der Waals surface area (Å²) in [6, 6.07) is 11.5. The third-order valence-electron chi connectivity index (χ3n) is 3.77. The van der Waals surface area contributed by atoms with E-state index < -0.39 is 5.76 Å². The van der Waals surface area contributed by atoms with Gasteiger partial charge in [-0.3, -0.25) is 4.98 Å². The molecule has 2 heterocycles. The number of hydrogen-bond donors (Lipinski definition) is 3. The molecule has 0 unspecified atom stereocenters. The van der Waals surface area contributed by atoms with Gasteiger partial charge in [0, 0.05) is 17.4 Å². The third-order valence-corrected chi connectivity index (χ3v) is 3.77. The number of fused-ring (bicyclic) bond motifs is 1. The molecule has 0 spiro atoms. The van der Waals surface area contributed by atoms with Crippen molar-refractivity contribution in [3.05, 3.63) is 70.6 Å². The summed E-state index contributed by atoms with van der Waals surface area (Å²) in [5, 5.41) is 6.02. The molecule has 7 nitrogen and oxygen atoms in total. The maximum absolute atomic E-state index is 13.8. The minimum atomic E-state index is -0.508. The summed E-state index contributed by atoms with van der Waals surface area (Å²) in [5.41, 5.74) is 2.87. The molecule has 0 radical (unpaired) electrons. The molecule has 26 heavy (non-hydrogen) atoms. The van der Waals surface area contributed by atoms with E-state index in [-0.39, 0.29) is 11.8 Å². The minimum absolute atomic E-state index is 0.265. The number of oxazole rings is 1. The van der Waals surface area contributed by atoms with E-state index in [0.29, 0.717) is 28.3 Å². The van der Waals surface area contributed by atoms with Gasteiger partial charge < -0.3 is 15.1 Å². The van der Waals surface area contributed by atoms with E-state index in [1.54, 1.807) is 42.6 Å². The quantitative estimate of drug-likeness (QED) is 0.517. The van der Waals surface area contributed by atoms with Gasteiger partial charge in [-0.25, -0.2) is 14.2 Å². The lowest BCUT2D eigenvalue weighted by Crippen LogP contribution is -2.03. The van der Waals surface area contributed by atoms with Gasteiger partial charge >= 0.3 is 5.76 Å². The van der Waals surface area contributed by atoms with Crippen molar-refractivity contribution in [2.24, 2.45) is 0 Å². The Bertz CT molecular complexity index is 1150. The smallest absolute Gasteiger partial charge is 0.408 e. The number of aromatic nitrogens is 3. The highest BCUT2D eigenvalue weighted by molar-refractivity contribution is 5.78. The average Bonchev–Trinajstić information content (AvgIpc) is 2.99. The number of rotatable bonds is 4. The molecule has 4 aromatic rings. The van der Waals surface area contributed by atoms with Crippen molar-refractivity contribution in [2.45, 2.75) is 6.92 Å². The molecule has 0 aliphatic heterocycles. The summed E-state index contributed by atoms with van der Waals surface area (Å²) in [6.07, 6.45) is 1.64. The van der Waals surface area contributed by atoms with Gasteiger partial charge in [0.1, 0.15) is 11.6 Å². The topological polar surface area (TPSA) is 95.8 Å². The molecule has 4 rings (SSSR count). The molecular weight excluding hydrogens is 337 g/mol. The lowest BCUT2D eigenvalue weighted by Gasteiger charge is -2.11. The molecule has 0 saturated heterocycles. The van der Waals surface area contributed by atoms with Crippen molar-refractivity contribution in [3.63, 3.8) is 0 Å². The molecule has 8 heteroatoms. The second-order valence-corrected chi connectivity index (χ2v) is 5.68. The first kappa shape index (κ1) is 15.8. The fraction of sp³-hybridized carbons (Fsp3) is 0.0556. The number of anilines is 4. The van der Waals surface area contributed by atoms with Crippen LogP contribution in [0.1, 0.15) is 5.56 Å². The molecule has 2 aromatic carbocycles. The van der Waals surface area contributed by atoms with E-state index in [1.807, 2.05) is 6.92 Å². The van der Waals surface area contributed by atoms with E-state index in [1.165, 1.54) is 6.07 Å². The summed E-state index contributed by atoms with van der Waals surface area (Å²) >= 11 is 0. The van der Waals surface area contributed by atoms with Crippen molar-refractivity contribution in [1.82, 2.24) is 15.0 Å². The predicted octanol–water partition coefficient (Wildman–Crippen LogP) is 3.85.